The Morgan fingerprint density at radius 2 is 1.49 bits per heavy atom. The zero-order valence-electron chi connectivity index (χ0n) is 25.4. The predicted octanol–water partition coefficient (Wildman–Crippen LogP) is 6.39. The van der Waals surface area contributed by atoms with Crippen molar-refractivity contribution in [3.05, 3.63) is 101 Å². The largest absolute Gasteiger partial charge is 0.432 e. The number of carbonyl (C=O) groups excluding carboxylic acids is 1. The van der Waals surface area contributed by atoms with E-state index in [0.717, 1.165) is 18.9 Å². The van der Waals surface area contributed by atoms with Crippen molar-refractivity contribution < 1.29 is 35.5 Å². The van der Waals surface area contributed by atoms with Crippen molar-refractivity contribution in [3.8, 4) is 0 Å². The van der Waals surface area contributed by atoms with Gasteiger partial charge in [0.2, 0.25) is 6.29 Å². The summed E-state index contributed by atoms with van der Waals surface area (Å²) < 4.78 is 85.1. The number of ether oxygens (including phenoxy) is 2. The summed E-state index contributed by atoms with van der Waals surface area (Å²) in [6, 6.07) is 18.5. The third-order valence-corrected chi connectivity index (χ3v) is 15.4. The Labute approximate surface area is 264 Å². The van der Waals surface area contributed by atoms with Gasteiger partial charge in [-0.1, -0.05) is 69.7 Å². The molecule has 10 heteroatoms. The number of benzene rings is 3. The average Bonchev–Trinajstić information content (AvgIpc) is 3.20. The number of esters is 1. The Morgan fingerprint density at radius 3 is 2.07 bits per heavy atom. The second-order valence-corrected chi connectivity index (χ2v) is 17.5. The van der Waals surface area contributed by atoms with Gasteiger partial charge >= 0.3 is 5.97 Å². The third kappa shape index (κ3) is 5.24. The second-order valence-electron chi connectivity index (χ2n) is 12.8. The van der Waals surface area contributed by atoms with Crippen molar-refractivity contribution >= 4 is 31.7 Å². The molecule has 2 aliphatic carbocycles. The van der Waals surface area contributed by atoms with E-state index in [1.807, 2.05) is 0 Å². The second kappa shape index (κ2) is 11.8. The maximum Gasteiger partial charge on any atom is 0.336 e. The van der Waals surface area contributed by atoms with Gasteiger partial charge in [0.05, 0.1) is 21.8 Å². The summed E-state index contributed by atoms with van der Waals surface area (Å²) in [4.78, 5) is 13.3. The molecule has 7 nitrogen and oxygen atoms in total. The molecule has 0 N–H and O–H groups in total. The maximum absolute atomic E-state index is 15.2. The molecule has 1 aliphatic heterocycles. The number of cyclic esters (lactones) is 1. The van der Waals surface area contributed by atoms with E-state index in [9.17, 15) is 9.18 Å². The van der Waals surface area contributed by atoms with E-state index in [4.69, 9.17) is 9.47 Å². The van der Waals surface area contributed by atoms with Crippen molar-refractivity contribution in [1.82, 2.24) is 0 Å². The summed E-state index contributed by atoms with van der Waals surface area (Å²) in [5, 5.41) is 0. The Bertz CT molecular complexity index is 1770. The van der Waals surface area contributed by atoms with Gasteiger partial charge in [-0.3, -0.25) is 0 Å². The highest BCUT2D eigenvalue weighted by molar-refractivity contribution is 8.10. The van der Waals surface area contributed by atoms with E-state index < -0.39 is 60.3 Å². The highest BCUT2D eigenvalue weighted by Crippen LogP contribution is 2.54. The molecular formula is C35H37FO7S2. The molecule has 0 radical (unpaired) electrons. The monoisotopic (exact) mass is 652 g/mol. The zero-order chi connectivity index (χ0) is 32.1. The fourth-order valence-electron chi connectivity index (χ4n) is 7.33. The van der Waals surface area contributed by atoms with E-state index in [0.29, 0.717) is 12.3 Å². The normalized spacial score (nSPS) is 26.4. The number of sulfone groups is 2. The Morgan fingerprint density at radius 1 is 0.889 bits per heavy atom. The molecule has 3 aromatic carbocycles. The summed E-state index contributed by atoms with van der Waals surface area (Å²) in [5.41, 5.74) is 0.316. The zero-order valence-corrected chi connectivity index (χ0v) is 27.1. The summed E-state index contributed by atoms with van der Waals surface area (Å²) in [7, 11) is -9.66. The highest BCUT2D eigenvalue weighted by atomic mass is 32.3. The lowest BCUT2D eigenvalue weighted by Gasteiger charge is -2.42. The maximum atomic E-state index is 15.2. The number of halogens is 1. The van der Waals surface area contributed by atoms with Crippen LogP contribution in [0.25, 0.3) is 6.08 Å². The van der Waals surface area contributed by atoms with E-state index in [-0.39, 0.29) is 38.3 Å². The molecule has 0 unspecified atom stereocenters. The van der Waals surface area contributed by atoms with E-state index >= 15 is 16.8 Å². The Kier molecular flexibility index (Phi) is 8.29. The molecule has 0 aromatic heterocycles. The molecule has 0 spiro atoms. The lowest BCUT2D eigenvalue weighted by molar-refractivity contribution is -0.196. The molecule has 6 rings (SSSR count). The molecule has 1 heterocycles. The number of hydrogen-bond acceptors (Lipinski definition) is 7. The van der Waals surface area contributed by atoms with Gasteiger partial charge in [0.15, 0.2) is 23.8 Å². The fourth-order valence-corrected chi connectivity index (χ4v) is 12.7. The fraction of sp³-hybridized carbons (Fsp3) is 0.400. The van der Waals surface area contributed by atoms with E-state index in [1.165, 1.54) is 66.7 Å². The van der Waals surface area contributed by atoms with E-state index in [1.54, 1.807) is 12.1 Å². The molecular weight excluding hydrogens is 616 g/mol. The van der Waals surface area contributed by atoms with Gasteiger partial charge in [0, 0.05) is 12.0 Å². The quantitative estimate of drug-likeness (QED) is 0.273. The van der Waals surface area contributed by atoms with Crippen molar-refractivity contribution in [2.45, 2.75) is 72.7 Å². The molecule has 3 aliphatic rings. The molecule has 0 bridgehead atoms. The molecule has 238 valence electrons. The third-order valence-electron chi connectivity index (χ3n) is 9.68. The minimum Gasteiger partial charge on any atom is -0.432 e. The lowest BCUT2D eigenvalue weighted by Crippen LogP contribution is -2.57. The number of hydrogen-bond donors (Lipinski definition) is 0. The standard InChI is InChI=1S/C35H37FO7S2/c1-22(2)29-17-14-23(3)18-31(29)42-34-32-30(33(37)43-34)20-25-19-26(36)16-15-24(25)21-35(32,44(38,39)27-10-6-4-7-11-27)45(40,41)28-12-8-5-9-13-28/h4-13,15-16,19-20,22-23,29,31-32,34H,14,17-18,21H2,1-3H3/t23-,29+,31-,32-,34-/m1/s1. The lowest BCUT2D eigenvalue weighted by atomic mass is 9.75. The molecule has 1 saturated carbocycles. The summed E-state index contributed by atoms with van der Waals surface area (Å²) in [6.07, 6.45) is 1.42. The van der Waals surface area contributed by atoms with Crippen LogP contribution >= 0.6 is 0 Å². The van der Waals surface area contributed by atoms with Crippen LogP contribution in [0.15, 0.2) is 94.2 Å². The number of carbonyl (C=O) groups is 1. The number of fused-ring (bicyclic) bond motifs is 2. The minimum atomic E-state index is -4.83. The van der Waals surface area contributed by atoms with Gasteiger partial charge < -0.3 is 9.47 Å². The Balaban J connectivity index is 1.66. The summed E-state index contributed by atoms with van der Waals surface area (Å²) in [6.45, 7) is 6.29. The van der Waals surface area contributed by atoms with Gasteiger partial charge in [-0.05, 0) is 84.2 Å². The van der Waals surface area contributed by atoms with Crippen molar-refractivity contribution in [3.63, 3.8) is 0 Å². The van der Waals surface area contributed by atoms with Gasteiger partial charge in [-0.2, -0.15) is 0 Å². The molecule has 0 amide bonds. The van der Waals surface area contributed by atoms with Crippen LogP contribution in [0.2, 0.25) is 0 Å². The summed E-state index contributed by atoms with van der Waals surface area (Å²) >= 11 is 0. The van der Waals surface area contributed by atoms with Gasteiger partial charge in [-0.15, -0.1) is 0 Å². The Hall–Kier alpha value is -3.34. The van der Waals surface area contributed by atoms with Gasteiger partial charge in [0.25, 0.3) is 0 Å². The van der Waals surface area contributed by atoms with Crippen LogP contribution in [0.4, 0.5) is 4.39 Å². The average molecular weight is 653 g/mol. The first kappa shape index (κ1) is 31.6. The molecule has 5 atom stereocenters. The van der Waals surface area contributed by atoms with Gasteiger partial charge in [0.1, 0.15) is 5.82 Å². The molecule has 3 aromatic rings. The molecule has 1 saturated heterocycles. The molecule has 45 heavy (non-hydrogen) atoms. The molecule has 2 fully saturated rings. The summed E-state index contributed by atoms with van der Waals surface area (Å²) in [5.74, 6) is -2.45. The first-order valence-electron chi connectivity index (χ1n) is 15.3. The van der Waals surface area contributed by atoms with Crippen LogP contribution in [0.3, 0.4) is 0 Å². The topological polar surface area (TPSA) is 104 Å². The first-order chi connectivity index (χ1) is 21.4. The van der Waals surface area contributed by atoms with E-state index in [2.05, 4.69) is 20.8 Å². The SMILES string of the molecule is CC(C)[C@@H]1CC[C@@H](C)C[C@H]1O[C@@H]1OC(=O)C2=Cc3cc(F)ccc3CC(S(=O)(=O)c3ccccc3)(S(=O)(=O)c3ccccc3)[C@H]21. The van der Waals surface area contributed by atoms with Crippen LogP contribution in [-0.4, -0.2) is 39.3 Å². The van der Waals surface area contributed by atoms with Crippen LogP contribution in [-0.2, 0) is 40.4 Å². The van der Waals surface area contributed by atoms with Crippen molar-refractivity contribution in [1.29, 1.82) is 0 Å². The van der Waals surface area contributed by atoms with Crippen LogP contribution in [0.1, 0.15) is 51.2 Å². The van der Waals surface area contributed by atoms with Crippen molar-refractivity contribution in [2.75, 3.05) is 0 Å². The van der Waals surface area contributed by atoms with Gasteiger partial charge in [-0.25, -0.2) is 26.0 Å². The first-order valence-corrected chi connectivity index (χ1v) is 18.3. The predicted molar refractivity (Wildman–Crippen MR) is 168 cm³/mol. The van der Waals surface area contributed by atoms with Crippen LogP contribution in [0, 0.1) is 29.5 Å². The van der Waals surface area contributed by atoms with Crippen molar-refractivity contribution in [2.24, 2.45) is 23.7 Å². The number of rotatable bonds is 7. The smallest absolute Gasteiger partial charge is 0.336 e. The minimum absolute atomic E-state index is 0.0934. The van der Waals surface area contributed by atoms with Crippen LogP contribution in [0.5, 0.6) is 0 Å². The highest BCUT2D eigenvalue weighted by Gasteiger charge is 2.68. The van der Waals surface area contributed by atoms with Crippen LogP contribution < -0.4 is 0 Å².